The predicted octanol–water partition coefficient (Wildman–Crippen LogP) is 1.91. The summed E-state index contributed by atoms with van der Waals surface area (Å²) in [7, 11) is 0. The number of aryl methyl sites for hydroxylation is 1. The molecule has 7 heteroatoms. The first-order valence-corrected chi connectivity index (χ1v) is 6.59. The van der Waals surface area contributed by atoms with E-state index in [9.17, 15) is 14.0 Å². The predicted molar refractivity (Wildman–Crippen MR) is 77.4 cm³/mol. The van der Waals surface area contributed by atoms with Gasteiger partial charge in [-0.05, 0) is 45.0 Å². The fraction of sp³-hybridized carbons (Fsp3) is 0.267. The van der Waals surface area contributed by atoms with Gasteiger partial charge in [-0.3, -0.25) is 4.79 Å². The van der Waals surface area contributed by atoms with Crippen LogP contribution in [0.2, 0.25) is 0 Å². The molecule has 6 nitrogen and oxygen atoms in total. The van der Waals surface area contributed by atoms with Crippen LogP contribution in [0, 0.1) is 12.7 Å². The van der Waals surface area contributed by atoms with Gasteiger partial charge in [0.15, 0.2) is 5.69 Å². The van der Waals surface area contributed by atoms with Crippen LogP contribution in [0.4, 0.5) is 4.39 Å². The summed E-state index contributed by atoms with van der Waals surface area (Å²) in [6.45, 7) is 4.47. The normalized spacial score (nSPS) is 11.3. The molecule has 0 saturated carbocycles. The number of carboxylic acids is 1. The van der Waals surface area contributed by atoms with Gasteiger partial charge in [0.05, 0.1) is 5.69 Å². The molecule has 22 heavy (non-hydrogen) atoms. The van der Waals surface area contributed by atoms with E-state index in [-0.39, 0.29) is 11.5 Å². The lowest BCUT2D eigenvalue weighted by Gasteiger charge is -2.20. The average Bonchev–Trinajstić information content (AvgIpc) is 2.81. The van der Waals surface area contributed by atoms with E-state index >= 15 is 0 Å². The minimum absolute atomic E-state index is 0.124. The van der Waals surface area contributed by atoms with Crippen LogP contribution < -0.4 is 5.32 Å². The van der Waals surface area contributed by atoms with E-state index in [2.05, 4.69) is 10.4 Å². The maximum absolute atomic E-state index is 12.9. The second-order valence-corrected chi connectivity index (χ2v) is 5.47. The molecule has 1 aromatic carbocycles. The highest BCUT2D eigenvalue weighted by atomic mass is 19.1. The van der Waals surface area contributed by atoms with Crippen molar-refractivity contribution >= 4 is 11.9 Å². The van der Waals surface area contributed by atoms with Crippen molar-refractivity contribution in [3.63, 3.8) is 0 Å². The highest BCUT2D eigenvalue weighted by Crippen LogP contribution is 2.14. The first-order chi connectivity index (χ1) is 10.2. The number of aromatic nitrogens is 2. The highest BCUT2D eigenvalue weighted by molar-refractivity contribution is 5.97. The molecule has 0 fully saturated rings. The van der Waals surface area contributed by atoms with Gasteiger partial charge >= 0.3 is 5.97 Å². The first-order valence-electron chi connectivity index (χ1n) is 6.59. The first kappa shape index (κ1) is 15.7. The van der Waals surface area contributed by atoms with Crippen molar-refractivity contribution < 1.29 is 19.1 Å². The van der Waals surface area contributed by atoms with E-state index < -0.39 is 17.4 Å². The Kier molecular flexibility index (Phi) is 3.99. The molecule has 1 heterocycles. The number of carboxylic acid groups (broad SMARTS) is 1. The molecule has 0 radical (unpaired) electrons. The van der Waals surface area contributed by atoms with Crippen molar-refractivity contribution in [1.82, 2.24) is 15.1 Å². The molecule has 0 aliphatic rings. The zero-order valence-electron chi connectivity index (χ0n) is 12.4. The maximum Gasteiger partial charge on any atom is 0.328 e. The molecule has 0 spiro atoms. The lowest BCUT2D eigenvalue weighted by molar-refractivity contribution is -0.143. The molecule has 0 saturated heterocycles. The van der Waals surface area contributed by atoms with E-state index in [1.165, 1.54) is 42.8 Å². The highest BCUT2D eigenvalue weighted by Gasteiger charge is 2.30. The number of carbonyl (C=O) groups excluding carboxylic acids is 1. The Morgan fingerprint density at radius 3 is 2.41 bits per heavy atom. The SMILES string of the molecule is Cc1cn(-c2ccc(F)cc2)nc1C(=O)NC(C)(C)C(=O)O. The molecule has 0 unspecified atom stereocenters. The van der Waals surface area contributed by atoms with E-state index in [1.807, 2.05) is 0 Å². The molecular formula is C15H16FN3O3. The number of hydrogen-bond donors (Lipinski definition) is 2. The van der Waals surface area contributed by atoms with Gasteiger partial charge in [0.2, 0.25) is 0 Å². The Balaban J connectivity index is 2.28. The minimum atomic E-state index is -1.40. The van der Waals surface area contributed by atoms with Gasteiger partial charge < -0.3 is 10.4 Å². The molecule has 2 aromatic rings. The van der Waals surface area contributed by atoms with Crippen molar-refractivity contribution in [1.29, 1.82) is 0 Å². The largest absolute Gasteiger partial charge is 0.480 e. The molecule has 116 valence electrons. The van der Waals surface area contributed by atoms with Gasteiger partial charge in [-0.1, -0.05) is 0 Å². The van der Waals surface area contributed by atoms with Gasteiger partial charge in [-0.15, -0.1) is 0 Å². The molecular weight excluding hydrogens is 289 g/mol. The van der Waals surface area contributed by atoms with Crippen LogP contribution in [-0.2, 0) is 4.79 Å². The average molecular weight is 305 g/mol. The molecule has 1 amide bonds. The number of carbonyl (C=O) groups is 2. The van der Waals surface area contributed by atoms with E-state index in [4.69, 9.17) is 5.11 Å². The summed E-state index contributed by atoms with van der Waals surface area (Å²) in [6.07, 6.45) is 1.62. The molecule has 0 aliphatic carbocycles. The van der Waals surface area contributed by atoms with Gasteiger partial charge in [-0.2, -0.15) is 5.10 Å². The molecule has 0 atom stereocenters. The lowest BCUT2D eigenvalue weighted by atomic mass is 10.1. The minimum Gasteiger partial charge on any atom is -0.480 e. The second kappa shape index (κ2) is 5.59. The quantitative estimate of drug-likeness (QED) is 0.903. The number of nitrogens with one attached hydrogen (secondary N) is 1. The van der Waals surface area contributed by atoms with Crippen molar-refractivity contribution in [2.75, 3.05) is 0 Å². The standard InChI is InChI=1S/C15H16FN3O3/c1-9-8-19(11-6-4-10(16)5-7-11)18-12(9)13(20)17-15(2,3)14(21)22/h4-8H,1-3H3,(H,17,20)(H,21,22). The molecule has 0 bridgehead atoms. The van der Waals surface area contributed by atoms with Crippen molar-refractivity contribution in [2.24, 2.45) is 0 Å². The summed E-state index contributed by atoms with van der Waals surface area (Å²) in [5.41, 5.74) is -0.0916. The summed E-state index contributed by atoms with van der Waals surface area (Å²) < 4.78 is 14.4. The number of hydrogen-bond acceptors (Lipinski definition) is 3. The van der Waals surface area contributed by atoms with E-state index in [0.29, 0.717) is 11.3 Å². The monoisotopic (exact) mass is 305 g/mol. The number of nitrogens with zero attached hydrogens (tertiary/aromatic N) is 2. The van der Waals surface area contributed by atoms with Crippen LogP contribution in [0.25, 0.3) is 5.69 Å². The summed E-state index contributed by atoms with van der Waals surface area (Å²) in [6, 6.07) is 5.65. The number of amides is 1. The third-order valence-corrected chi connectivity index (χ3v) is 3.16. The number of rotatable bonds is 4. The summed E-state index contributed by atoms with van der Waals surface area (Å²) in [4.78, 5) is 23.2. The van der Waals surface area contributed by atoms with Crippen LogP contribution in [0.5, 0.6) is 0 Å². The third kappa shape index (κ3) is 3.13. The van der Waals surface area contributed by atoms with Gasteiger partial charge in [0.25, 0.3) is 5.91 Å². The number of aliphatic carboxylic acids is 1. The molecule has 1 aromatic heterocycles. The summed E-state index contributed by atoms with van der Waals surface area (Å²) in [5.74, 6) is -2.09. The van der Waals surface area contributed by atoms with Crippen molar-refractivity contribution in [3.8, 4) is 5.69 Å². The number of benzene rings is 1. The fourth-order valence-electron chi connectivity index (χ4n) is 1.81. The Bertz CT molecular complexity index is 720. The smallest absolute Gasteiger partial charge is 0.328 e. The molecule has 2 N–H and O–H groups in total. The van der Waals surface area contributed by atoms with E-state index in [0.717, 1.165) is 0 Å². The van der Waals surface area contributed by atoms with E-state index in [1.54, 1.807) is 13.1 Å². The summed E-state index contributed by atoms with van der Waals surface area (Å²) in [5, 5.41) is 15.6. The Labute approximate surface area is 126 Å². The van der Waals surface area contributed by atoms with Gasteiger partial charge in [-0.25, -0.2) is 13.9 Å². The fourth-order valence-corrected chi connectivity index (χ4v) is 1.81. The zero-order valence-corrected chi connectivity index (χ0v) is 12.4. The lowest BCUT2D eigenvalue weighted by Crippen LogP contribution is -2.49. The van der Waals surface area contributed by atoms with Crippen LogP contribution >= 0.6 is 0 Å². The Morgan fingerprint density at radius 2 is 1.86 bits per heavy atom. The van der Waals surface area contributed by atoms with Crippen LogP contribution in [0.3, 0.4) is 0 Å². The zero-order chi connectivity index (χ0) is 16.5. The molecule has 0 aliphatic heterocycles. The van der Waals surface area contributed by atoms with Crippen LogP contribution in [0.15, 0.2) is 30.5 Å². The summed E-state index contributed by atoms with van der Waals surface area (Å²) >= 11 is 0. The third-order valence-electron chi connectivity index (χ3n) is 3.16. The number of halogens is 1. The second-order valence-electron chi connectivity index (χ2n) is 5.47. The topological polar surface area (TPSA) is 84.2 Å². The van der Waals surface area contributed by atoms with Crippen LogP contribution in [0.1, 0.15) is 29.9 Å². The van der Waals surface area contributed by atoms with Crippen LogP contribution in [-0.4, -0.2) is 32.3 Å². The van der Waals surface area contributed by atoms with Crippen molar-refractivity contribution in [2.45, 2.75) is 26.3 Å². The van der Waals surface area contributed by atoms with Crippen molar-refractivity contribution in [3.05, 3.63) is 47.5 Å². The molecule has 2 rings (SSSR count). The maximum atomic E-state index is 12.9. The Hall–Kier alpha value is -2.70. The van der Waals surface area contributed by atoms with Gasteiger partial charge in [0, 0.05) is 11.8 Å². The Morgan fingerprint density at radius 1 is 1.27 bits per heavy atom. The van der Waals surface area contributed by atoms with Gasteiger partial charge in [0.1, 0.15) is 11.4 Å².